The van der Waals surface area contributed by atoms with Crippen molar-refractivity contribution < 1.29 is 9.53 Å². The number of benzene rings is 2. The number of unbranched alkanes of at least 4 members (excludes halogenated alkanes) is 3. The number of hydrogen-bond acceptors (Lipinski definition) is 3. The Morgan fingerprint density at radius 1 is 1.00 bits per heavy atom. The van der Waals surface area contributed by atoms with Crippen molar-refractivity contribution >= 4 is 27.5 Å². The molecule has 0 aromatic heterocycles. The molecule has 2 aromatic carbocycles. The van der Waals surface area contributed by atoms with Crippen LogP contribution >= 0.6 is 15.9 Å². The first kappa shape index (κ1) is 23.2. The lowest BCUT2D eigenvalue weighted by atomic mass is 10.2. The molecule has 2 aromatic rings. The van der Waals surface area contributed by atoms with Crippen molar-refractivity contribution in [1.82, 2.24) is 4.90 Å². The Hall–Kier alpha value is -2.11. The van der Waals surface area contributed by atoms with E-state index in [1.807, 2.05) is 54.6 Å². The summed E-state index contributed by atoms with van der Waals surface area (Å²) in [7, 11) is 3.91. The van der Waals surface area contributed by atoms with Gasteiger partial charge in [0, 0.05) is 29.3 Å². The van der Waals surface area contributed by atoms with E-state index in [2.05, 4.69) is 34.5 Å². The molecule has 0 aliphatic rings. The van der Waals surface area contributed by atoms with Gasteiger partial charge < -0.3 is 14.5 Å². The molecule has 0 aliphatic carbocycles. The van der Waals surface area contributed by atoms with E-state index in [1.165, 1.54) is 19.3 Å². The first-order valence-electron chi connectivity index (χ1n) is 10.1. The molecule has 0 atom stereocenters. The summed E-state index contributed by atoms with van der Waals surface area (Å²) in [5.74, 6) is 0.800. The average Bonchev–Trinajstić information content (AvgIpc) is 2.73. The van der Waals surface area contributed by atoms with Crippen molar-refractivity contribution in [2.75, 3.05) is 38.7 Å². The van der Waals surface area contributed by atoms with Crippen LogP contribution in [0.2, 0.25) is 0 Å². The molecular formula is C24H31BrN2O2. The molecule has 0 fully saturated rings. The zero-order valence-corrected chi connectivity index (χ0v) is 19.0. The highest BCUT2D eigenvalue weighted by Crippen LogP contribution is 2.21. The van der Waals surface area contributed by atoms with Crippen LogP contribution in [0.4, 0.5) is 5.69 Å². The van der Waals surface area contributed by atoms with Gasteiger partial charge in [-0.05, 0) is 75.0 Å². The van der Waals surface area contributed by atoms with Crippen LogP contribution in [-0.4, -0.2) is 44.6 Å². The topological polar surface area (TPSA) is 32.8 Å². The van der Waals surface area contributed by atoms with Crippen LogP contribution in [0.3, 0.4) is 0 Å². The molecule has 0 saturated carbocycles. The molecule has 0 spiro atoms. The molecule has 2 rings (SSSR count). The van der Waals surface area contributed by atoms with Gasteiger partial charge in [-0.3, -0.25) is 4.79 Å². The lowest BCUT2D eigenvalue weighted by Gasteiger charge is -2.18. The number of anilines is 1. The predicted molar refractivity (Wildman–Crippen MR) is 125 cm³/mol. The van der Waals surface area contributed by atoms with Crippen molar-refractivity contribution in [3.05, 3.63) is 71.2 Å². The number of ether oxygens (including phenoxy) is 1. The van der Waals surface area contributed by atoms with Gasteiger partial charge >= 0.3 is 0 Å². The number of amides is 1. The minimum absolute atomic E-state index is 0.0371. The van der Waals surface area contributed by atoms with Gasteiger partial charge in [0.1, 0.15) is 5.75 Å². The Morgan fingerprint density at radius 2 is 1.66 bits per heavy atom. The molecular weight excluding hydrogens is 428 g/mol. The smallest absolute Gasteiger partial charge is 0.258 e. The van der Waals surface area contributed by atoms with Crippen LogP contribution in [-0.2, 0) is 0 Å². The van der Waals surface area contributed by atoms with Crippen molar-refractivity contribution in [3.63, 3.8) is 0 Å². The summed E-state index contributed by atoms with van der Waals surface area (Å²) in [5, 5.41) is 0. The SMILES string of the molecule is C=CCN(C)CCCCCCOc1ccc(N(C)C(=O)c2ccc(Br)cc2)cc1. The van der Waals surface area contributed by atoms with E-state index >= 15 is 0 Å². The maximum Gasteiger partial charge on any atom is 0.258 e. The van der Waals surface area contributed by atoms with Crippen LogP contribution in [0.5, 0.6) is 5.75 Å². The molecule has 0 heterocycles. The largest absolute Gasteiger partial charge is 0.494 e. The van der Waals surface area contributed by atoms with E-state index in [1.54, 1.807) is 11.9 Å². The van der Waals surface area contributed by atoms with Gasteiger partial charge in [-0.1, -0.05) is 34.8 Å². The van der Waals surface area contributed by atoms with E-state index in [4.69, 9.17) is 4.74 Å². The van der Waals surface area contributed by atoms with E-state index in [9.17, 15) is 4.79 Å². The summed E-state index contributed by atoms with van der Waals surface area (Å²) < 4.78 is 6.79. The molecule has 0 bridgehead atoms. The first-order valence-corrected chi connectivity index (χ1v) is 10.9. The molecule has 0 saturated heterocycles. The molecule has 0 aliphatic heterocycles. The third-order valence-electron chi connectivity index (χ3n) is 4.76. The average molecular weight is 459 g/mol. The van der Waals surface area contributed by atoms with Crippen LogP contribution in [0, 0.1) is 0 Å². The van der Waals surface area contributed by atoms with Gasteiger partial charge in [-0.15, -0.1) is 6.58 Å². The zero-order valence-electron chi connectivity index (χ0n) is 17.4. The van der Waals surface area contributed by atoms with Crippen molar-refractivity contribution in [2.45, 2.75) is 25.7 Å². The number of carbonyl (C=O) groups is 1. The third kappa shape index (κ3) is 8.03. The lowest BCUT2D eigenvalue weighted by molar-refractivity contribution is 0.0993. The van der Waals surface area contributed by atoms with Crippen molar-refractivity contribution in [3.8, 4) is 5.75 Å². The van der Waals surface area contributed by atoms with E-state index in [0.717, 1.165) is 42.0 Å². The van der Waals surface area contributed by atoms with Gasteiger partial charge in [-0.2, -0.15) is 0 Å². The Labute approximate surface area is 183 Å². The summed E-state index contributed by atoms with van der Waals surface area (Å²) in [5.41, 5.74) is 1.50. The Balaban J connectivity index is 1.71. The highest BCUT2D eigenvalue weighted by Gasteiger charge is 2.13. The minimum Gasteiger partial charge on any atom is -0.494 e. The molecule has 0 unspecified atom stereocenters. The molecule has 5 heteroatoms. The second-order valence-corrected chi connectivity index (χ2v) is 8.09. The number of halogens is 1. The fraction of sp³-hybridized carbons (Fsp3) is 0.375. The molecule has 0 N–H and O–H groups in total. The number of hydrogen-bond donors (Lipinski definition) is 0. The normalized spacial score (nSPS) is 10.8. The lowest BCUT2D eigenvalue weighted by Crippen LogP contribution is -2.26. The standard InChI is InChI=1S/C24H31BrN2O2/c1-4-17-26(2)18-7-5-6-8-19-29-23-15-13-22(14-16-23)27(3)24(28)20-9-11-21(25)12-10-20/h4,9-16H,1,5-8,17-19H2,2-3H3. The van der Waals surface area contributed by atoms with Gasteiger partial charge in [0.2, 0.25) is 0 Å². The van der Waals surface area contributed by atoms with Crippen LogP contribution in [0.25, 0.3) is 0 Å². The maximum atomic E-state index is 12.6. The quantitative estimate of drug-likeness (QED) is 0.298. The highest BCUT2D eigenvalue weighted by atomic mass is 79.9. The van der Waals surface area contributed by atoms with Crippen LogP contribution in [0.1, 0.15) is 36.0 Å². The van der Waals surface area contributed by atoms with Gasteiger partial charge in [0.25, 0.3) is 5.91 Å². The second-order valence-electron chi connectivity index (χ2n) is 7.18. The Morgan fingerprint density at radius 3 is 2.31 bits per heavy atom. The number of nitrogens with zero attached hydrogens (tertiary/aromatic N) is 2. The predicted octanol–water partition coefficient (Wildman–Crippen LogP) is 5.78. The first-order chi connectivity index (χ1) is 14.0. The molecule has 4 nitrogen and oxygen atoms in total. The molecule has 1 amide bonds. The van der Waals surface area contributed by atoms with E-state index in [0.29, 0.717) is 5.56 Å². The summed E-state index contributed by atoms with van der Waals surface area (Å²) in [6, 6.07) is 15.1. The molecule has 156 valence electrons. The second kappa shape index (κ2) is 12.5. The highest BCUT2D eigenvalue weighted by molar-refractivity contribution is 9.10. The summed E-state index contributed by atoms with van der Waals surface area (Å²) in [4.78, 5) is 16.5. The third-order valence-corrected chi connectivity index (χ3v) is 5.29. The fourth-order valence-electron chi connectivity index (χ4n) is 3.01. The van der Waals surface area contributed by atoms with E-state index in [-0.39, 0.29) is 5.91 Å². The zero-order chi connectivity index (χ0) is 21.1. The Bertz CT molecular complexity index is 759. The number of rotatable bonds is 12. The van der Waals surface area contributed by atoms with Gasteiger partial charge in [-0.25, -0.2) is 0 Å². The summed E-state index contributed by atoms with van der Waals surface area (Å²) in [6.45, 7) is 6.54. The van der Waals surface area contributed by atoms with Gasteiger partial charge in [0.05, 0.1) is 6.61 Å². The number of likely N-dealkylation sites (N-methyl/N-ethyl adjacent to an activating group) is 1. The Kier molecular flexibility index (Phi) is 9.95. The number of carbonyl (C=O) groups excluding carboxylic acids is 1. The molecule has 29 heavy (non-hydrogen) atoms. The van der Waals surface area contributed by atoms with Crippen LogP contribution < -0.4 is 9.64 Å². The summed E-state index contributed by atoms with van der Waals surface area (Å²) >= 11 is 3.39. The fourth-order valence-corrected chi connectivity index (χ4v) is 3.27. The monoisotopic (exact) mass is 458 g/mol. The van der Waals surface area contributed by atoms with Crippen LogP contribution in [0.15, 0.2) is 65.7 Å². The minimum atomic E-state index is -0.0371. The van der Waals surface area contributed by atoms with E-state index < -0.39 is 0 Å². The summed E-state index contributed by atoms with van der Waals surface area (Å²) in [6.07, 6.45) is 6.58. The van der Waals surface area contributed by atoms with Crippen molar-refractivity contribution in [1.29, 1.82) is 0 Å². The molecule has 0 radical (unpaired) electrons. The van der Waals surface area contributed by atoms with Crippen molar-refractivity contribution in [2.24, 2.45) is 0 Å². The maximum absolute atomic E-state index is 12.6. The van der Waals surface area contributed by atoms with Gasteiger partial charge in [0.15, 0.2) is 0 Å².